The molecule has 5 aliphatic rings. The lowest BCUT2D eigenvalue weighted by atomic mass is 9.99. The summed E-state index contributed by atoms with van der Waals surface area (Å²) in [7, 11) is 0. The number of benzene rings is 2. The monoisotopic (exact) mass is 693 g/mol. The van der Waals surface area contributed by atoms with Crippen molar-refractivity contribution in [3.8, 4) is 0 Å². The number of piperazine rings is 1. The van der Waals surface area contributed by atoms with E-state index in [4.69, 9.17) is 0 Å². The molecule has 2 saturated heterocycles. The third-order valence-corrected chi connectivity index (χ3v) is 10.5. The van der Waals surface area contributed by atoms with E-state index < -0.39 is 35.5 Å². The Labute approximate surface area is 292 Å². The molecule has 1 aliphatic carbocycles. The molecular weight excluding hydrogens is 657 g/mol. The lowest BCUT2D eigenvalue weighted by Gasteiger charge is -2.37. The zero-order chi connectivity index (χ0) is 35.7. The van der Waals surface area contributed by atoms with Gasteiger partial charge in [0.05, 0.1) is 22.3 Å². The van der Waals surface area contributed by atoms with Gasteiger partial charge in [0.1, 0.15) is 11.9 Å². The molecule has 6 amide bonds. The molecule has 5 heterocycles. The lowest BCUT2D eigenvalue weighted by molar-refractivity contribution is -0.136. The summed E-state index contributed by atoms with van der Waals surface area (Å²) < 4.78 is 14.1. The minimum Gasteiger partial charge on any atom is -0.369 e. The molecule has 2 fully saturated rings. The van der Waals surface area contributed by atoms with Gasteiger partial charge in [-0.05, 0) is 80.6 Å². The van der Waals surface area contributed by atoms with Gasteiger partial charge >= 0.3 is 0 Å². The van der Waals surface area contributed by atoms with Gasteiger partial charge in [-0.3, -0.25) is 43.9 Å². The van der Waals surface area contributed by atoms with Crippen LogP contribution in [0, 0.1) is 12.7 Å². The Kier molecular flexibility index (Phi) is 7.85. The summed E-state index contributed by atoms with van der Waals surface area (Å²) in [6.07, 6.45) is 1.32. The largest absolute Gasteiger partial charge is 0.369 e. The van der Waals surface area contributed by atoms with Gasteiger partial charge in [0.15, 0.2) is 0 Å². The Bertz CT molecular complexity index is 2110. The summed E-state index contributed by atoms with van der Waals surface area (Å²) in [6.45, 7) is 7.20. The van der Waals surface area contributed by atoms with E-state index in [9.17, 15) is 33.2 Å². The summed E-state index contributed by atoms with van der Waals surface area (Å²) >= 11 is 0. The number of fused-ring (bicyclic) bond motifs is 3. The number of anilines is 2. The van der Waals surface area contributed by atoms with Gasteiger partial charge in [0, 0.05) is 73.5 Å². The highest BCUT2D eigenvalue weighted by molar-refractivity contribution is 6.37. The molecule has 8 rings (SSSR count). The highest BCUT2D eigenvalue weighted by Crippen LogP contribution is 2.44. The van der Waals surface area contributed by atoms with Crippen molar-refractivity contribution in [2.24, 2.45) is 0 Å². The first-order valence-electron chi connectivity index (χ1n) is 17.2. The minimum atomic E-state index is -1.01. The second-order valence-electron chi connectivity index (χ2n) is 13.8. The van der Waals surface area contributed by atoms with Gasteiger partial charge in [-0.15, -0.1) is 0 Å². The molecule has 0 spiro atoms. The smallest absolute Gasteiger partial charge is 0.262 e. The number of carbonyl (C=O) groups excluding carboxylic acids is 6. The average Bonchev–Trinajstić information content (AvgIpc) is 3.80. The molecule has 0 saturated carbocycles. The number of hydrogen-bond acceptors (Lipinski definition) is 8. The third-order valence-electron chi connectivity index (χ3n) is 10.5. The van der Waals surface area contributed by atoms with Crippen LogP contribution >= 0.6 is 0 Å². The first-order valence-corrected chi connectivity index (χ1v) is 17.2. The highest BCUT2D eigenvalue weighted by Gasteiger charge is 2.45. The Hall–Kier alpha value is -5.63. The SMILES string of the molecule is Cc1[nH]c2c(c1C(=O)N[C@H](C)CN1CCN(c3ccc4c(c3)C(=O)N(C3CCC(=O)NC3=O)C4=O)CC1)CCC2=C1C(=O)Nc2ccc(F)cc21. The van der Waals surface area contributed by atoms with E-state index in [2.05, 4.69) is 30.7 Å². The molecule has 51 heavy (non-hydrogen) atoms. The zero-order valence-electron chi connectivity index (χ0n) is 28.2. The van der Waals surface area contributed by atoms with Crippen molar-refractivity contribution >= 4 is 58.0 Å². The van der Waals surface area contributed by atoms with Crippen LogP contribution in [-0.4, -0.2) is 95.0 Å². The third kappa shape index (κ3) is 5.50. The Morgan fingerprint density at radius 2 is 1.69 bits per heavy atom. The normalized spacial score (nSPS) is 22.2. The molecule has 14 heteroatoms. The predicted molar refractivity (Wildman–Crippen MR) is 184 cm³/mol. The summed E-state index contributed by atoms with van der Waals surface area (Å²) in [5.41, 5.74) is 6.54. The Morgan fingerprint density at radius 1 is 0.922 bits per heavy atom. The number of piperidine rings is 1. The van der Waals surface area contributed by atoms with Gasteiger partial charge in [-0.25, -0.2) is 4.39 Å². The number of imide groups is 2. The van der Waals surface area contributed by atoms with Gasteiger partial charge in [0.2, 0.25) is 11.8 Å². The number of hydrogen-bond donors (Lipinski definition) is 4. The maximum absolute atomic E-state index is 14.1. The fourth-order valence-electron chi connectivity index (χ4n) is 8.13. The van der Waals surface area contributed by atoms with Crippen LogP contribution in [0.15, 0.2) is 36.4 Å². The standard InChI is InChI=1S/C37H36FN7O6/c1-18(39-34(48)30-19(2)40-32-23(30)6-7-24(32)31-26-15-20(38)3-8-27(26)41-35(31)49)17-43-11-13-44(14-12-43)21-4-5-22-25(16-21)37(51)45(36(22)50)28-9-10-29(46)42-33(28)47/h3-5,8,15-16,18,28,40H,6-7,9-14,17H2,1-2H3,(H,39,48)(H,41,49)(H,42,46,47)/t18-,28?/m1/s1. The number of nitrogens with one attached hydrogen (secondary N) is 4. The summed E-state index contributed by atoms with van der Waals surface area (Å²) in [5, 5.41) is 8.19. The fraction of sp³-hybridized carbons (Fsp3) is 0.351. The quantitative estimate of drug-likeness (QED) is 0.226. The van der Waals surface area contributed by atoms with Crippen molar-refractivity contribution in [1.29, 1.82) is 0 Å². The second-order valence-corrected chi connectivity index (χ2v) is 13.8. The molecule has 2 atom stereocenters. The summed E-state index contributed by atoms with van der Waals surface area (Å²) in [5.74, 6) is -3.00. The van der Waals surface area contributed by atoms with E-state index >= 15 is 0 Å². The number of rotatable bonds is 6. The number of allylic oxidation sites excluding steroid dienone is 1. The van der Waals surface area contributed by atoms with Gasteiger partial charge in [0.25, 0.3) is 23.6 Å². The van der Waals surface area contributed by atoms with Crippen LogP contribution in [0.2, 0.25) is 0 Å². The zero-order valence-corrected chi connectivity index (χ0v) is 28.2. The molecule has 4 aliphatic heterocycles. The maximum atomic E-state index is 14.1. The molecule has 2 aromatic carbocycles. The van der Waals surface area contributed by atoms with Crippen LogP contribution in [-0.2, 0) is 20.8 Å². The molecule has 0 bridgehead atoms. The molecular formula is C37H36FN7O6. The van der Waals surface area contributed by atoms with E-state index in [1.165, 1.54) is 12.1 Å². The number of aryl methyl sites for hydroxylation is 1. The Morgan fingerprint density at radius 3 is 2.45 bits per heavy atom. The number of aromatic amines is 1. The molecule has 3 aromatic rings. The number of carbonyl (C=O) groups is 6. The van der Waals surface area contributed by atoms with E-state index in [0.29, 0.717) is 73.6 Å². The van der Waals surface area contributed by atoms with Crippen molar-refractivity contribution < 1.29 is 33.2 Å². The van der Waals surface area contributed by atoms with Crippen LogP contribution in [0.25, 0.3) is 11.1 Å². The van der Waals surface area contributed by atoms with Crippen LogP contribution in [0.1, 0.15) is 79.8 Å². The highest BCUT2D eigenvalue weighted by atomic mass is 19.1. The maximum Gasteiger partial charge on any atom is 0.262 e. The van der Waals surface area contributed by atoms with E-state index in [1.54, 1.807) is 18.2 Å². The van der Waals surface area contributed by atoms with E-state index in [-0.39, 0.29) is 41.8 Å². The summed E-state index contributed by atoms with van der Waals surface area (Å²) in [4.78, 5) is 85.6. The number of halogens is 1. The fourth-order valence-corrected chi connectivity index (χ4v) is 8.13. The lowest BCUT2D eigenvalue weighted by Crippen LogP contribution is -2.54. The van der Waals surface area contributed by atoms with E-state index in [0.717, 1.165) is 27.4 Å². The molecule has 262 valence electrons. The number of H-pyrrole nitrogens is 1. The first kappa shape index (κ1) is 32.6. The van der Waals surface area contributed by atoms with Crippen molar-refractivity contribution in [3.63, 3.8) is 0 Å². The summed E-state index contributed by atoms with van der Waals surface area (Å²) in [6, 6.07) is 8.22. The van der Waals surface area contributed by atoms with Gasteiger partial charge in [-0.2, -0.15) is 0 Å². The molecule has 13 nitrogen and oxygen atoms in total. The number of aromatic nitrogens is 1. The van der Waals surface area contributed by atoms with Crippen LogP contribution in [0.3, 0.4) is 0 Å². The molecule has 4 N–H and O–H groups in total. The first-order chi connectivity index (χ1) is 24.5. The van der Waals surface area contributed by atoms with Crippen LogP contribution in [0.5, 0.6) is 0 Å². The Balaban J connectivity index is 0.893. The second kappa shape index (κ2) is 12.3. The van der Waals surface area contributed by atoms with Crippen molar-refractivity contribution in [1.82, 2.24) is 25.4 Å². The van der Waals surface area contributed by atoms with Gasteiger partial charge < -0.3 is 20.5 Å². The number of nitrogens with zero attached hydrogens (tertiary/aromatic N) is 3. The molecule has 1 aromatic heterocycles. The van der Waals surface area contributed by atoms with E-state index in [1.807, 2.05) is 19.9 Å². The predicted octanol–water partition coefficient (Wildman–Crippen LogP) is 2.61. The van der Waals surface area contributed by atoms with Crippen LogP contribution in [0.4, 0.5) is 15.8 Å². The van der Waals surface area contributed by atoms with Crippen molar-refractivity contribution in [3.05, 3.63) is 81.4 Å². The molecule has 1 unspecified atom stereocenters. The number of amides is 6. The average molecular weight is 694 g/mol. The van der Waals surface area contributed by atoms with Gasteiger partial charge in [-0.1, -0.05) is 0 Å². The topological polar surface area (TPSA) is 164 Å². The minimum absolute atomic E-state index is 0.0652. The van der Waals surface area contributed by atoms with Crippen molar-refractivity contribution in [2.45, 2.75) is 51.6 Å². The van der Waals surface area contributed by atoms with Crippen LogP contribution < -0.4 is 20.9 Å². The van der Waals surface area contributed by atoms with Crippen molar-refractivity contribution in [2.75, 3.05) is 42.9 Å². The molecule has 0 radical (unpaired) electrons.